The largest absolute Gasteiger partial charge is 0.465 e. The molecule has 0 bridgehead atoms. The highest BCUT2D eigenvalue weighted by Gasteiger charge is 2.53. The number of rotatable bonds is 5. The molecule has 3 rings (SSSR count). The predicted octanol–water partition coefficient (Wildman–Crippen LogP) is 3.68. The van der Waals surface area contributed by atoms with Crippen molar-refractivity contribution in [3.05, 3.63) is 48.2 Å². The van der Waals surface area contributed by atoms with E-state index in [4.69, 9.17) is 9.15 Å². The Bertz CT molecular complexity index is 850. The van der Waals surface area contributed by atoms with Crippen LogP contribution in [0, 0.1) is 5.41 Å². The highest BCUT2D eigenvalue weighted by atomic mass is 16.5. The number of ether oxygens (including phenoxy) is 1. The molecule has 1 aromatic heterocycles. The van der Waals surface area contributed by atoms with Gasteiger partial charge in [-0.2, -0.15) is 0 Å². The maximum atomic E-state index is 12.7. The fourth-order valence-electron chi connectivity index (χ4n) is 4.27. The van der Waals surface area contributed by atoms with Crippen LogP contribution in [-0.4, -0.2) is 39.1 Å². The topological polar surface area (TPSA) is 127 Å². The van der Waals surface area contributed by atoms with E-state index in [1.54, 1.807) is 0 Å². The molecule has 2 amide bonds. The lowest BCUT2D eigenvalue weighted by molar-refractivity contribution is 0.0333. The molecule has 1 saturated carbocycles. The van der Waals surface area contributed by atoms with Crippen LogP contribution in [0.2, 0.25) is 0 Å². The number of aromatic nitrogens is 2. The third kappa shape index (κ3) is 4.72. The quantitative estimate of drug-likeness (QED) is 0.678. The van der Waals surface area contributed by atoms with Crippen LogP contribution in [0.5, 0.6) is 0 Å². The van der Waals surface area contributed by atoms with Gasteiger partial charge >= 0.3 is 12.2 Å². The Labute approximate surface area is 175 Å². The van der Waals surface area contributed by atoms with Crippen LogP contribution in [0.1, 0.15) is 57.4 Å². The molecule has 1 fully saturated rings. The first-order chi connectivity index (χ1) is 14.2. The SMILES string of the molecule is CC(C)(C)[C@]1(NC(=O)OCc2ccccc2)CC[C@H](c2nnco2)C[C@@H]1NC(=O)O. The Hall–Kier alpha value is -3.10. The Morgan fingerprint density at radius 2 is 2.03 bits per heavy atom. The second kappa shape index (κ2) is 8.73. The van der Waals surface area contributed by atoms with Gasteiger partial charge in [0.2, 0.25) is 12.3 Å². The number of carbonyl (C=O) groups excluding carboxylic acids is 1. The van der Waals surface area contributed by atoms with E-state index in [2.05, 4.69) is 20.8 Å². The lowest BCUT2D eigenvalue weighted by Crippen LogP contribution is -2.70. The van der Waals surface area contributed by atoms with Gasteiger partial charge in [0.15, 0.2) is 0 Å². The second-order valence-electron chi connectivity index (χ2n) is 8.66. The molecule has 162 valence electrons. The molecular weight excluding hydrogens is 388 g/mol. The molecule has 0 unspecified atom stereocenters. The average Bonchev–Trinajstić information content (AvgIpc) is 3.22. The molecule has 9 heteroatoms. The number of hydrogen-bond donors (Lipinski definition) is 3. The van der Waals surface area contributed by atoms with E-state index in [1.165, 1.54) is 6.39 Å². The van der Waals surface area contributed by atoms with Gasteiger partial charge in [-0.15, -0.1) is 10.2 Å². The van der Waals surface area contributed by atoms with E-state index in [-0.39, 0.29) is 12.5 Å². The van der Waals surface area contributed by atoms with Crippen LogP contribution in [0.25, 0.3) is 0 Å². The summed E-state index contributed by atoms with van der Waals surface area (Å²) in [5, 5.41) is 22.8. The van der Waals surface area contributed by atoms with Gasteiger partial charge < -0.3 is 24.9 Å². The number of carbonyl (C=O) groups is 2. The third-order valence-electron chi connectivity index (χ3n) is 5.90. The summed E-state index contributed by atoms with van der Waals surface area (Å²) >= 11 is 0. The van der Waals surface area contributed by atoms with Crippen molar-refractivity contribution in [2.24, 2.45) is 5.41 Å². The summed E-state index contributed by atoms with van der Waals surface area (Å²) in [4.78, 5) is 24.3. The fourth-order valence-corrected chi connectivity index (χ4v) is 4.27. The van der Waals surface area contributed by atoms with Crippen molar-refractivity contribution in [3.63, 3.8) is 0 Å². The lowest BCUT2D eigenvalue weighted by Gasteiger charge is -2.53. The molecule has 3 atom stereocenters. The zero-order valence-electron chi connectivity index (χ0n) is 17.4. The summed E-state index contributed by atoms with van der Waals surface area (Å²) in [7, 11) is 0. The van der Waals surface area contributed by atoms with E-state index in [0.29, 0.717) is 25.2 Å². The van der Waals surface area contributed by atoms with Crippen molar-refractivity contribution in [2.45, 2.75) is 64.1 Å². The monoisotopic (exact) mass is 416 g/mol. The maximum absolute atomic E-state index is 12.7. The minimum absolute atomic E-state index is 0.0954. The molecular formula is C21H28N4O5. The minimum Gasteiger partial charge on any atom is -0.465 e. The molecule has 30 heavy (non-hydrogen) atoms. The summed E-state index contributed by atoms with van der Waals surface area (Å²) < 4.78 is 10.8. The summed E-state index contributed by atoms with van der Waals surface area (Å²) in [6, 6.07) is 8.82. The van der Waals surface area contributed by atoms with Crippen LogP contribution in [0.3, 0.4) is 0 Å². The van der Waals surface area contributed by atoms with Crippen LogP contribution in [-0.2, 0) is 11.3 Å². The molecule has 0 aliphatic heterocycles. The molecule has 0 radical (unpaired) electrons. The van der Waals surface area contributed by atoms with Gasteiger partial charge in [0.1, 0.15) is 6.61 Å². The summed E-state index contributed by atoms with van der Waals surface area (Å²) in [6.45, 7) is 6.07. The summed E-state index contributed by atoms with van der Waals surface area (Å²) in [5.41, 5.74) is -0.431. The van der Waals surface area contributed by atoms with Crippen molar-refractivity contribution < 1.29 is 23.8 Å². The lowest BCUT2D eigenvalue weighted by atomic mass is 9.60. The molecule has 0 saturated heterocycles. The number of hydrogen-bond acceptors (Lipinski definition) is 6. The number of benzene rings is 1. The highest BCUT2D eigenvalue weighted by molar-refractivity contribution is 5.70. The molecule has 1 aliphatic carbocycles. The predicted molar refractivity (Wildman–Crippen MR) is 108 cm³/mol. The van der Waals surface area contributed by atoms with Crippen molar-refractivity contribution >= 4 is 12.2 Å². The van der Waals surface area contributed by atoms with E-state index in [1.807, 2.05) is 51.1 Å². The number of nitrogens with zero attached hydrogens (tertiary/aromatic N) is 2. The van der Waals surface area contributed by atoms with Gasteiger partial charge in [0.25, 0.3) is 0 Å². The number of alkyl carbamates (subject to hydrolysis) is 1. The van der Waals surface area contributed by atoms with Gasteiger partial charge in [-0.25, -0.2) is 9.59 Å². The second-order valence-corrected chi connectivity index (χ2v) is 8.66. The molecule has 3 N–H and O–H groups in total. The van der Waals surface area contributed by atoms with E-state index >= 15 is 0 Å². The third-order valence-corrected chi connectivity index (χ3v) is 5.90. The van der Waals surface area contributed by atoms with Gasteiger partial charge in [-0.3, -0.25) is 0 Å². The van der Waals surface area contributed by atoms with Crippen LogP contribution in [0.4, 0.5) is 9.59 Å². The van der Waals surface area contributed by atoms with Crippen molar-refractivity contribution in [1.29, 1.82) is 0 Å². The summed E-state index contributed by atoms with van der Waals surface area (Å²) in [6.07, 6.45) is 1.14. The number of carboxylic acid groups (broad SMARTS) is 1. The van der Waals surface area contributed by atoms with Gasteiger partial charge in [-0.05, 0) is 30.2 Å². The molecule has 0 spiro atoms. The smallest absolute Gasteiger partial charge is 0.407 e. The minimum atomic E-state index is -1.15. The Morgan fingerprint density at radius 1 is 1.30 bits per heavy atom. The molecule has 2 aromatic rings. The van der Waals surface area contributed by atoms with Gasteiger partial charge in [0.05, 0.1) is 11.6 Å². The van der Waals surface area contributed by atoms with E-state index in [0.717, 1.165) is 5.56 Å². The van der Waals surface area contributed by atoms with Crippen molar-refractivity contribution in [2.75, 3.05) is 0 Å². The summed E-state index contributed by atoms with van der Waals surface area (Å²) in [5.74, 6) is 0.378. The molecule has 1 aromatic carbocycles. The van der Waals surface area contributed by atoms with Crippen molar-refractivity contribution in [3.8, 4) is 0 Å². The Balaban J connectivity index is 1.80. The highest BCUT2D eigenvalue weighted by Crippen LogP contribution is 2.46. The van der Waals surface area contributed by atoms with Crippen molar-refractivity contribution in [1.82, 2.24) is 20.8 Å². The van der Waals surface area contributed by atoms with Crippen LogP contribution >= 0.6 is 0 Å². The molecule has 1 heterocycles. The number of amides is 2. The van der Waals surface area contributed by atoms with Crippen LogP contribution < -0.4 is 10.6 Å². The normalized spacial score (nSPS) is 24.1. The first kappa shape index (κ1) is 21.6. The first-order valence-corrected chi connectivity index (χ1v) is 9.95. The van der Waals surface area contributed by atoms with Gasteiger partial charge in [0, 0.05) is 5.92 Å². The zero-order chi connectivity index (χ0) is 21.8. The average molecular weight is 416 g/mol. The zero-order valence-corrected chi connectivity index (χ0v) is 17.4. The fraction of sp³-hybridized carbons (Fsp3) is 0.524. The molecule has 9 nitrogen and oxygen atoms in total. The van der Waals surface area contributed by atoms with Gasteiger partial charge in [-0.1, -0.05) is 51.1 Å². The standard InChI is InChI=1S/C21H28N4O5/c1-20(2,3)21(24-19(28)29-12-14-7-5-4-6-8-14)10-9-15(17-25-22-13-30-17)11-16(21)23-18(26)27/h4-8,13,15-16,23H,9-12H2,1-3H3,(H,24,28)(H,26,27)/t15-,16-,21-/m0/s1. The Morgan fingerprint density at radius 3 is 2.63 bits per heavy atom. The van der Waals surface area contributed by atoms with E-state index in [9.17, 15) is 14.7 Å². The van der Waals surface area contributed by atoms with Crippen LogP contribution in [0.15, 0.2) is 41.1 Å². The first-order valence-electron chi connectivity index (χ1n) is 9.95. The Kier molecular flexibility index (Phi) is 6.28. The maximum Gasteiger partial charge on any atom is 0.407 e. The van der Waals surface area contributed by atoms with E-state index < -0.39 is 29.2 Å². The molecule has 1 aliphatic rings. The number of nitrogens with one attached hydrogen (secondary N) is 2.